The Morgan fingerprint density at radius 2 is 2.00 bits per heavy atom. The van der Waals surface area contributed by atoms with Crippen molar-refractivity contribution in [3.63, 3.8) is 0 Å². The molecule has 0 spiro atoms. The average Bonchev–Trinajstić information content (AvgIpc) is 2.77. The Labute approximate surface area is 169 Å². The van der Waals surface area contributed by atoms with E-state index < -0.39 is 12.7 Å². The summed E-state index contributed by atoms with van der Waals surface area (Å²) in [4.78, 5) is 26.2. The summed E-state index contributed by atoms with van der Waals surface area (Å²) >= 11 is 0. The average molecular weight is 399 g/mol. The van der Waals surface area contributed by atoms with Gasteiger partial charge in [-0.1, -0.05) is 24.3 Å². The largest absolute Gasteiger partial charge is 0.507 e. The lowest BCUT2D eigenvalue weighted by Crippen LogP contribution is -2.47. The van der Waals surface area contributed by atoms with E-state index in [1.54, 1.807) is 41.3 Å². The van der Waals surface area contributed by atoms with Crippen LogP contribution in [0.5, 0.6) is 11.5 Å². The number of phenolic OH excluding ortho intramolecular Hbond substituents is 1. The Morgan fingerprint density at radius 3 is 2.76 bits per heavy atom. The van der Waals surface area contributed by atoms with Gasteiger partial charge in [-0.05, 0) is 43.0 Å². The molecule has 7 heteroatoms. The molecule has 0 aromatic heterocycles. The minimum absolute atomic E-state index is 0.0811. The van der Waals surface area contributed by atoms with Gasteiger partial charge in [0, 0.05) is 12.1 Å². The molecule has 3 N–H and O–H groups in total. The molecule has 1 saturated heterocycles. The van der Waals surface area contributed by atoms with E-state index >= 15 is 0 Å². The van der Waals surface area contributed by atoms with Gasteiger partial charge >= 0.3 is 0 Å². The Morgan fingerprint density at radius 1 is 1.21 bits per heavy atom. The number of piperidine rings is 1. The van der Waals surface area contributed by atoms with Gasteiger partial charge in [-0.25, -0.2) is 0 Å². The maximum absolute atomic E-state index is 13.2. The standard InChI is InChI=1S/C22H25NO6/c24-12-18-19(26)9-5-10-21(18)29-14-15-6-3-4-11-23(15)22(28)17-8-2-1-7-16(17)20(27)13-25/h1-2,5,7-10,12,15,20,25-27H,3-4,6,11,13-14H2/t15-,20+/m0/s1. The molecular weight excluding hydrogens is 374 g/mol. The number of aliphatic hydroxyl groups is 2. The molecule has 3 rings (SSSR count). The van der Waals surface area contributed by atoms with Gasteiger partial charge in [0.05, 0.1) is 18.2 Å². The maximum Gasteiger partial charge on any atom is 0.254 e. The van der Waals surface area contributed by atoms with Crippen LogP contribution in [-0.4, -0.2) is 58.2 Å². The van der Waals surface area contributed by atoms with Crippen molar-refractivity contribution in [2.24, 2.45) is 0 Å². The number of hydrogen-bond donors (Lipinski definition) is 3. The second kappa shape index (κ2) is 9.54. The van der Waals surface area contributed by atoms with Gasteiger partial charge in [0.2, 0.25) is 0 Å². The van der Waals surface area contributed by atoms with Crippen LogP contribution in [0, 0.1) is 0 Å². The molecule has 0 aliphatic carbocycles. The zero-order valence-electron chi connectivity index (χ0n) is 16.0. The Bertz CT molecular complexity index is 868. The van der Waals surface area contributed by atoms with E-state index in [-0.39, 0.29) is 35.6 Å². The molecule has 1 aliphatic rings. The third-order valence-electron chi connectivity index (χ3n) is 5.20. The van der Waals surface area contributed by atoms with E-state index in [2.05, 4.69) is 0 Å². The van der Waals surface area contributed by atoms with Crippen LogP contribution in [0.15, 0.2) is 42.5 Å². The summed E-state index contributed by atoms with van der Waals surface area (Å²) in [6, 6.07) is 11.1. The summed E-state index contributed by atoms with van der Waals surface area (Å²) in [5.41, 5.74) is 0.825. The first-order valence-corrected chi connectivity index (χ1v) is 9.65. The lowest BCUT2D eigenvalue weighted by Gasteiger charge is -2.36. The van der Waals surface area contributed by atoms with Crippen LogP contribution >= 0.6 is 0 Å². The Hall–Kier alpha value is -2.90. The van der Waals surface area contributed by atoms with Gasteiger partial charge in [0.15, 0.2) is 6.29 Å². The monoisotopic (exact) mass is 399 g/mol. The van der Waals surface area contributed by atoms with Crippen LogP contribution < -0.4 is 4.74 Å². The maximum atomic E-state index is 13.2. The molecule has 1 fully saturated rings. The molecule has 1 amide bonds. The predicted octanol–water partition coefficient (Wildman–Crippen LogP) is 2.30. The van der Waals surface area contributed by atoms with Crippen LogP contribution in [0.2, 0.25) is 0 Å². The number of carbonyl (C=O) groups excluding carboxylic acids is 2. The summed E-state index contributed by atoms with van der Waals surface area (Å²) in [6.45, 7) is 0.264. The number of benzene rings is 2. The minimum atomic E-state index is -1.13. The highest BCUT2D eigenvalue weighted by Gasteiger charge is 2.30. The smallest absolute Gasteiger partial charge is 0.254 e. The number of aromatic hydroxyl groups is 1. The highest BCUT2D eigenvalue weighted by molar-refractivity contribution is 5.96. The molecule has 0 bridgehead atoms. The van der Waals surface area contributed by atoms with Crippen molar-refractivity contribution in [2.45, 2.75) is 31.4 Å². The summed E-state index contributed by atoms with van der Waals surface area (Å²) in [5.74, 6) is -0.108. The third-order valence-corrected chi connectivity index (χ3v) is 5.20. The fourth-order valence-electron chi connectivity index (χ4n) is 3.64. The highest BCUT2D eigenvalue weighted by Crippen LogP contribution is 2.28. The van der Waals surface area contributed by atoms with E-state index in [1.165, 1.54) is 6.07 Å². The summed E-state index contributed by atoms with van der Waals surface area (Å²) in [7, 11) is 0. The van der Waals surface area contributed by atoms with Crippen LogP contribution in [-0.2, 0) is 0 Å². The van der Waals surface area contributed by atoms with Gasteiger partial charge in [-0.15, -0.1) is 0 Å². The summed E-state index contributed by atoms with van der Waals surface area (Å²) < 4.78 is 5.79. The highest BCUT2D eigenvalue weighted by atomic mass is 16.5. The first-order chi connectivity index (χ1) is 14.1. The number of phenols is 1. The van der Waals surface area contributed by atoms with E-state index in [0.717, 1.165) is 19.3 Å². The van der Waals surface area contributed by atoms with Crippen molar-refractivity contribution in [1.82, 2.24) is 4.90 Å². The van der Waals surface area contributed by atoms with Gasteiger partial charge < -0.3 is 25.0 Å². The minimum Gasteiger partial charge on any atom is -0.507 e. The van der Waals surface area contributed by atoms with Gasteiger partial charge in [0.25, 0.3) is 5.91 Å². The summed E-state index contributed by atoms with van der Waals surface area (Å²) in [5, 5.41) is 29.2. The first-order valence-electron chi connectivity index (χ1n) is 9.65. The number of ether oxygens (including phenoxy) is 1. The molecule has 0 radical (unpaired) electrons. The number of amides is 1. The predicted molar refractivity (Wildman–Crippen MR) is 106 cm³/mol. The van der Waals surface area contributed by atoms with Crippen molar-refractivity contribution in [3.05, 3.63) is 59.2 Å². The molecule has 154 valence electrons. The molecule has 7 nitrogen and oxygen atoms in total. The second-order valence-electron chi connectivity index (χ2n) is 7.05. The van der Waals surface area contributed by atoms with Gasteiger partial charge in [-0.2, -0.15) is 0 Å². The molecule has 1 aliphatic heterocycles. The molecule has 0 unspecified atom stereocenters. The molecular formula is C22H25NO6. The van der Waals surface area contributed by atoms with E-state index in [4.69, 9.17) is 4.74 Å². The summed E-state index contributed by atoms with van der Waals surface area (Å²) in [6.07, 6.45) is 1.96. The Balaban J connectivity index is 1.79. The zero-order chi connectivity index (χ0) is 20.8. The Kier molecular flexibility index (Phi) is 6.85. The molecule has 2 aromatic carbocycles. The van der Waals surface area contributed by atoms with E-state index in [0.29, 0.717) is 24.0 Å². The number of hydrogen-bond acceptors (Lipinski definition) is 6. The first kappa shape index (κ1) is 20.8. The number of aldehydes is 1. The van der Waals surface area contributed by atoms with Crippen molar-refractivity contribution in [3.8, 4) is 11.5 Å². The number of nitrogens with zero attached hydrogens (tertiary/aromatic N) is 1. The quantitative estimate of drug-likeness (QED) is 0.617. The number of likely N-dealkylation sites (tertiary alicyclic amines) is 1. The topological polar surface area (TPSA) is 107 Å². The normalized spacial score (nSPS) is 17.6. The molecule has 1 heterocycles. The van der Waals surface area contributed by atoms with Crippen molar-refractivity contribution in [2.75, 3.05) is 19.8 Å². The van der Waals surface area contributed by atoms with Gasteiger partial charge in [-0.3, -0.25) is 9.59 Å². The van der Waals surface area contributed by atoms with Crippen LogP contribution in [0.3, 0.4) is 0 Å². The number of rotatable bonds is 7. The zero-order valence-corrected chi connectivity index (χ0v) is 16.0. The van der Waals surface area contributed by atoms with Crippen LogP contribution in [0.1, 0.15) is 51.6 Å². The number of carbonyl (C=O) groups is 2. The third kappa shape index (κ3) is 4.58. The fourth-order valence-corrected chi connectivity index (χ4v) is 3.64. The SMILES string of the molecule is O=Cc1c(O)cccc1OC[C@@H]1CCCCN1C(=O)c1ccccc1[C@H](O)CO. The molecule has 2 atom stereocenters. The van der Waals surface area contributed by atoms with E-state index in [9.17, 15) is 24.9 Å². The van der Waals surface area contributed by atoms with Crippen LogP contribution in [0.25, 0.3) is 0 Å². The van der Waals surface area contributed by atoms with E-state index in [1.807, 2.05) is 0 Å². The van der Waals surface area contributed by atoms with Crippen LogP contribution in [0.4, 0.5) is 0 Å². The van der Waals surface area contributed by atoms with Gasteiger partial charge in [0.1, 0.15) is 24.2 Å². The lowest BCUT2D eigenvalue weighted by molar-refractivity contribution is 0.0513. The fraction of sp³-hybridized carbons (Fsp3) is 0.364. The van der Waals surface area contributed by atoms with Crippen molar-refractivity contribution in [1.29, 1.82) is 0 Å². The second-order valence-corrected chi connectivity index (χ2v) is 7.05. The molecule has 0 saturated carbocycles. The van der Waals surface area contributed by atoms with Crippen molar-refractivity contribution >= 4 is 12.2 Å². The molecule has 29 heavy (non-hydrogen) atoms. The molecule has 2 aromatic rings. The lowest BCUT2D eigenvalue weighted by atomic mass is 9.97. The number of aliphatic hydroxyl groups excluding tert-OH is 2. The van der Waals surface area contributed by atoms with Crippen molar-refractivity contribution < 1.29 is 29.6 Å².